The summed E-state index contributed by atoms with van der Waals surface area (Å²) in [6.07, 6.45) is 0. The van der Waals surface area contributed by atoms with Gasteiger partial charge in [0, 0.05) is 31.7 Å². The minimum Gasteiger partial charge on any atom is -0.388 e. The van der Waals surface area contributed by atoms with Crippen molar-refractivity contribution >= 4 is 0 Å². The Morgan fingerprint density at radius 2 is 1.83 bits per heavy atom. The van der Waals surface area contributed by atoms with Gasteiger partial charge >= 0.3 is 0 Å². The van der Waals surface area contributed by atoms with Crippen molar-refractivity contribution in [2.45, 2.75) is 38.5 Å². The quantitative estimate of drug-likeness (QED) is 0.835. The van der Waals surface area contributed by atoms with Gasteiger partial charge in [0.15, 0.2) is 0 Å². The molecule has 1 saturated heterocycles. The van der Waals surface area contributed by atoms with Crippen molar-refractivity contribution in [3.8, 4) is 0 Å². The lowest BCUT2D eigenvalue weighted by atomic mass is 10.00. The Kier molecular flexibility index (Phi) is 3.76. The molecule has 0 radical (unpaired) electrons. The van der Waals surface area contributed by atoms with E-state index in [9.17, 15) is 5.11 Å². The van der Waals surface area contributed by atoms with Crippen LogP contribution in [0.5, 0.6) is 0 Å². The Morgan fingerprint density at radius 1 is 1.17 bits per heavy atom. The number of benzene rings is 1. The fraction of sp³-hybridized carbons (Fsp3) is 0.600. The molecular formula is C15H24N2O. The molecule has 0 spiro atoms. The molecule has 1 heterocycles. The van der Waals surface area contributed by atoms with Crippen LogP contribution in [0.25, 0.3) is 0 Å². The van der Waals surface area contributed by atoms with Crippen molar-refractivity contribution in [3.63, 3.8) is 0 Å². The van der Waals surface area contributed by atoms with Crippen LogP contribution in [0.1, 0.15) is 26.3 Å². The number of nitrogens with one attached hydrogen (secondary N) is 1. The maximum atomic E-state index is 10.3. The third-order valence-electron chi connectivity index (χ3n) is 3.67. The second-order valence-electron chi connectivity index (χ2n) is 6.25. The van der Waals surface area contributed by atoms with Crippen LogP contribution in [0.15, 0.2) is 30.3 Å². The van der Waals surface area contributed by atoms with Crippen molar-refractivity contribution in [1.82, 2.24) is 10.2 Å². The van der Waals surface area contributed by atoms with Gasteiger partial charge < -0.3 is 10.4 Å². The molecule has 1 unspecified atom stereocenters. The van der Waals surface area contributed by atoms with Gasteiger partial charge in [0.05, 0.1) is 5.60 Å². The van der Waals surface area contributed by atoms with Gasteiger partial charge in [-0.15, -0.1) is 0 Å². The molecule has 1 aliphatic rings. The second-order valence-corrected chi connectivity index (χ2v) is 6.25. The van der Waals surface area contributed by atoms with E-state index in [0.29, 0.717) is 13.1 Å². The van der Waals surface area contributed by atoms with Gasteiger partial charge in [0.2, 0.25) is 0 Å². The average Bonchev–Trinajstić information content (AvgIpc) is 2.37. The van der Waals surface area contributed by atoms with E-state index in [-0.39, 0.29) is 5.54 Å². The van der Waals surface area contributed by atoms with Gasteiger partial charge in [-0.25, -0.2) is 0 Å². The minimum atomic E-state index is -0.664. The molecule has 1 aromatic rings. The number of β-amino-alcohol motifs (C(OH)–C–C–N with tert-alkyl or cyclic N) is 1. The predicted molar refractivity (Wildman–Crippen MR) is 74.4 cm³/mol. The molecule has 0 bridgehead atoms. The molecule has 1 atom stereocenters. The first-order valence-electron chi connectivity index (χ1n) is 6.61. The number of hydrogen-bond donors (Lipinski definition) is 2. The molecule has 3 nitrogen and oxygen atoms in total. The van der Waals surface area contributed by atoms with Crippen molar-refractivity contribution in [3.05, 3.63) is 35.9 Å². The Morgan fingerprint density at radius 3 is 2.50 bits per heavy atom. The van der Waals surface area contributed by atoms with Gasteiger partial charge in [0.1, 0.15) is 0 Å². The molecule has 3 heteroatoms. The monoisotopic (exact) mass is 248 g/mol. The Bertz CT molecular complexity index is 387. The van der Waals surface area contributed by atoms with E-state index in [2.05, 4.69) is 48.3 Å². The first kappa shape index (κ1) is 13.5. The minimum absolute atomic E-state index is 0.0519. The zero-order chi connectivity index (χ0) is 13.2. The Hall–Kier alpha value is -0.900. The summed E-state index contributed by atoms with van der Waals surface area (Å²) in [7, 11) is 0. The van der Waals surface area contributed by atoms with Crippen LogP contribution in [0.4, 0.5) is 0 Å². The zero-order valence-corrected chi connectivity index (χ0v) is 11.6. The largest absolute Gasteiger partial charge is 0.388 e. The molecule has 0 aromatic heterocycles. The SMILES string of the molecule is CC1(O)CNCC(C)(C)N(Cc2ccccc2)C1. The molecule has 1 fully saturated rings. The highest BCUT2D eigenvalue weighted by Gasteiger charge is 2.36. The fourth-order valence-electron chi connectivity index (χ4n) is 2.50. The van der Waals surface area contributed by atoms with Crippen LogP contribution in [0, 0.1) is 0 Å². The number of hydrogen-bond acceptors (Lipinski definition) is 3. The van der Waals surface area contributed by atoms with Crippen LogP contribution >= 0.6 is 0 Å². The summed E-state index contributed by atoms with van der Waals surface area (Å²) in [5.41, 5.74) is 0.682. The maximum Gasteiger partial charge on any atom is 0.0870 e. The molecular weight excluding hydrogens is 224 g/mol. The van der Waals surface area contributed by atoms with E-state index in [1.807, 2.05) is 13.0 Å². The molecule has 18 heavy (non-hydrogen) atoms. The third-order valence-corrected chi connectivity index (χ3v) is 3.67. The molecule has 100 valence electrons. The van der Waals surface area contributed by atoms with E-state index < -0.39 is 5.60 Å². The molecule has 1 aromatic carbocycles. The highest BCUT2D eigenvalue weighted by atomic mass is 16.3. The summed E-state index contributed by atoms with van der Waals surface area (Å²) in [5, 5.41) is 13.7. The molecule has 1 aliphatic heterocycles. The lowest BCUT2D eigenvalue weighted by Gasteiger charge is -2.39. The first-order valence-corrected chi connectivity index (χ1v) is 6.61. The molecule has 0 aliphatic carbocycles. The van der Waals surface area contributed by atoms with Crippen LogP contribution in [0.3, 0.4) is 0 Å². The summed E-state index contributed by atoms with van der Waals surface area (Å²) in [6.45, 7) is 9.49. The van der Waals surface area contributed by atoms with Gasteiger partial charge in [-0.3, -0.25) is 4.90 Å². The summed E-state index contributed by atoms with van der Waals surface area (Å²) < 4.78 is 0. The molecule has 2 N–H and O–H groups in total. The van der Waals surface area contributed by atoms with Crippen molar-refractivity contribution < 1.29 is 5.11 Å². The second kappa shape index (κ2) is 5.00. The van der Waals surface area contributed by atoms with E-state index in [0.717, 1.165) is 13.1 Å². The van der Waals surface area contributed by atoms with Crippen molar-refractivity contribution in [2.24, 2.45) is 0 Å². The van der Waals surface area contributed by atoms with E-state index >= 15 is 0 Å². The van der Waals surface area contributed by atoms with Crippen LogP contribution in [-0.4, -0.2) is 40.8 Å². The number of aliphatic hydroxyl groups is 1. The Balaban J connectivity index is 2.16. The molecule has 0 amide bonds. The van der Waals surface area contributed by atoms with Crippen LogP contribution in [0.2, 0.25) is 0 Å². The molecule has 2 rings (SSSR count). The highest BCUT2D eigenvalue weighted by molar-refractivity contribution is 5.15. The van der Waals surface area contributed by atoms with E-state index in [1.165, 1.54) is 5.56 Å². The third kappa shape index (κ3) is 3.31. The standard InChI is InChI=1S/C15H24N2O/c1-14(2)10-16-11-15(3,18)12-17(14)9-13-7-5-4-6-8-13/h4-8,16,18H,9-12H2,1-3H3. The maximum absolute atomic E-state index is 10.3. The topological polar surface area (TPSA) is 35.5 Å². The first-order chi connectivity index (χ1) is 8.39. The highest BCUT2D eigenvalue weighted by Crippen LogP contribution is 2.23. The number of rotatable bonds is 2. The smallest absolute Gasteiger partial charge is 0.0870 e. The van der Waals surface area contributed by atoms with Gasteiger partial charge in [-0.2, -0.15) is 0 Å². The Labute approximate surface area is 110 Å². The lowest BCUT2D eigenvalue weighted by Crippen LogP contribution is -2.50. The normalized spacial score (nSPS) is 28.9. The van der Waals surface area contributed by atoms with Crippen molar-refractivity contribution in [1.29, 1.82) is 0 Å². The average molecular weight is 248 g/mol. The summed E-state index contributed by atoms with van der Waals surface area (Å²) in [4.78, 5) is 2.36. The van der Waals surface area contributed by atoms with Crippen LogP contribution in [-0.2, 0) is 6.54 Å². The van der Waals surface area contributed by atoms with E-state index in [4.69, 9.17) is 0 Å². The van der Waals surface area contributed by atoms with Gasteiger partial charge in [0.25, 0.3) is 0 Å². The van der Waals surface area contributed by atoms with Gasteiger partial charge in [-0.05, 0) is 26.3 Å². The van der Waals surface area contributed by atoms with Crippen LogP contribution < -0.4 is 5.32 Å². The van der Waals surface area contributed by atoms with Crippen molar-refractivity contribution in [2.75, 3.05) is 19.6 Å². The summed E-state index contributed by atoms with van der Waals surface area (Å²) in [5.74, 6) is 0. The zero-order valence-electron chi connectivity index (χ0n) is 11.6. The summed E-state index contributed by atoms with van der Waals surface area (Å²) >= 11 is 0. The lowest BCUT2D eigenvalue weighted by molar-refractivity contribution is 0.00627. The summed E-state index contributed by atoms with van der Waals surface area (Å²) in [6, 6.07) is 10.5. The fourth-order valence-corrected chi connectivity index (χ4v) is 2.50. The molecule has 0 saturated carbocycles. The van der Waals surface area contributed by atoms with E-state index in [1.54, 1.807) is 0 Å². The number of nitrogens with zero attached hydrogens (tertiary/aromatic N) is 1. The van der Waals surface area contributed by atoms with Gasteiger partial charge in [-0.1, -0.05) is 30.3 Å². The predicted octanol–water partition coefficient (Wildman–Crippen LogP) is 1.62.